The molecular formula is C11H17N5O. The third-order valence-corrected chi connectivity index (χ3v) is 2.77. The van der Waals surface area contributed by atoms with E-state index >= 15 is 0 Å². The second-order valence-electron chi connectivity index (χ2n) is 4.23. The van der Waals surface area contributed by atoms with Crippen molar-refractivity contribution in [2.24, 2.45) is 0 Å². The number of nitrogens with zero attached hydrogens (tertiary/aromatic N) is 4. The van der Waals surface area contributed by atoms with Crippen LogP contribution in [0.2, 0.25) is 0 Å². The summed E-state index contributed by atoms with van der Waals surface area (Å²) in [4.78, 5) is 23.8. The quantitative estimate of drug-likeness (QED) is 0.792. The van der Waals surface area contributed by atoms with E-state index < -0.39 is 0 Å². The van der Waals surface area contributed by atoms with Gasteiger partial charge in [0.25, 0.3) is 0 Å². The monoisotopic (exact) mass is 235 g/mol. The molecule has 2 rings (SSSR count). The number of rotatable bonds is 2. The number of anilines is 2. The number of carbonyl (C=O) groups is 1. The van der Waals surface area contributed by atoms with Gasteiger partial charge in [0.1, 0.15) is 5.82 Å². The molecule has 1 aliphatic rings. The van der Waals surface area contributed by atoms with Crippen LogP contribution in [0.3, 0.4) is 0 Å². The molecule has 0 atom stereocenters. The Bertz CT molecular complexity index is 383. The van der Waals surface area contributed by atoms with Crippen molar-refractivity contribution in [3.05, 3.63) is 12.4 Å². The Morgan fingerprint density at radius 3 is 2.47 bits per heavy atom. The minimum absolute atomic E-state index is 0.133. The van der Waals surface area contributed by atoms with Crippen LogP contribution in [0.1, 0.15) is 6.92 Å². The Kier molecular flexibility index (Phi) is 3.53. The molecule has 0 bridgehead atoms. The summed E-state index contributed by atoms with van der Waals surface area (Å²) in [5.41, 5.74) is 0. The van der Waals surface area contributed by atoms with E-state index in [9.17, 15) is 4.79 Å². The van der Waals surface area contributed by atoms with Crippen molar-refractivity contribution in [1.29, 1.82) is 0 Å². The lowest BCUT2D eigenvalue weighted by molar-refractivity contribution is -0.114. The number of amides is 1. The van der Waals surface area contributed by atoms with Gasteiger partial charge in [0.05, 0.1) is 12.4 Å². The minimum Gasteiger partial charge on any atom is -0.353 e. The molecule has 1 amide bonds. The van der Waals surface area contributed by atoms with Crippen LogP contribution in [-0.2, 0) is 4.79 Å². The summed E-state index contributed by atoms with van der Waals surface area (Å²) in [6, 6.07) is 0. The van der Waals surface area contributed by atoms with Crippen molar-refractivity contribution in [2.75, 3.05) is 43.4 Å². The van der Waals surface area contributed by atoms with Gasteiger partial charge >= 0.3 is 0 Å². The average molecular weight is 235 g/mol. The van der Waals surface area contributed by atoms with Crippen LogP contribution in [0, 0.1) is 0 Å². The van der Waals surface area contributed by atoms with Gasteiger partial charge in [0.2, 0.25) is 5.91 Å². The Labute approximate surface area is 101 Å². The normalized spacial score (nSPS) is 16.9. The molecule has 0 unspecified atom stereocenters. The molecule has 92 valence electrons. The molecule has 0 aliphatic carbocycles. The van der Waals surface area contributed by atoms with Gasteiger partial charge in [0.15, 0.2) is 5.82 Å². The van der Waals surface area contributed by atoms with E-state index in [0.29, 0.717) is 5.82 Å². The molecule has 6 nitrogen and oxygen atoms in total. The Morgan fingerprint density at radius 1 is 1.24 bits per heavy atom. The Hall–Kier alpha value is -1.69. The van der Waals surface area contributed by atoms with Gasteiger partial charge in [-0.25, -0.2) is 9.97 Å². The van der Waals surface area contributed by atoms with Gasteiger partial charge in [-0.05, 0) is 7.05 Å². The number of piperazine rings is 1. The van der Waals surface area contributed by atoms with Crippen LogP contribution in [0.15, 0.2) is 12.4 Å². The zero-order valence-corrected chi connectivity index (χ0v) is 10.2. The molecule has 6 heteroatoms. The fourth-order valence-electron chi connectivity index (χ4n) is 1.76. The molecule has 0 radical (unpaired) electrons. The maximum absolute atomic E-state index is 10.8. The number of carbonyl (C=O) groups excluding carboxylic acids is 1. The molecule has 0 aromatic carbocycles. The summed E-state index contributed by atoms with van der Waals surface area (Å²) < 4.78 is 0. The third kappa shape index (κ3) is 3.13. The molecule has 1 aromatic heterocycles. The summed E-state index contributed by atoms with van der Waals surface area (Å²) in [6.07, 6.45) is 3.30. The summed E-state index contributed by atoms with van der Waals surface area (Å²) >= 11 is 0. The predicted molar refractivity (Wildman–Crippen MR) is 66.0 cm³/mol. The van der Waals surface area contributed by atoms with Crippen molar-refractivity contribution in [1.82, 2.24) is 14.9 Å². The van der Waals surface area contributed by atoms with Gasteiger partial charge in [-0.1, -0.05) is 0 Å². The smallest absolute Gasteiger partial charge is 0.222 e. The lowest BCUT2D eigenvalue weighted by Crippen LogP contribution is -2.44. The van der Waals surface area contributed by atoms with Crippen LogP contribution >= 0.6 is 0 Å². The van der Waals surface area contributed by atoms with Gasteiger partial charge in [-0.15, -0.1) is 0 Å². The lowest BCUT2D eigenvalue weighted by atomic mass is 10.3. The maximum atomic E-state index is 10.8. The fraction of sp³-hybridized carbons (Fsp3) is 0.545. The number of hydrogen-bond acceptors (Lipinski definition) is 5. The molecule has 17 heavy (non-hydrogen) atoms. The fourth-order valence-corrected chi connectivity index (χ4v) is 1.76. The van der Waals surface area contributed by atoms with Crippen molar-refractivity contribution in [3.8, 4) is 0 Å². The Morgan fingerprint density at radius 2 is 1.94 bits per heavy atom. The summed E-state index contributed by atoms with van der Waals surface area (Å²) in [5.74, 6) is 1.23. The van der Waals surface area contributed by atoms with E-state index in [-0.39, 0.29) is 5.91 Å². The van der Waals surface area contributed by atoms with E-state index in [0.717, 1.165) is 32.0 Å². The van der Waals surface area contributed by atoms with Crippen LogP contribution in [0.4, 0.5) is 11.6 Å². The first-order chi connectivity index (χ1) is 8.15. The van der Waals surface area contributed by atoms with Gasteiger partial charge in [-0.2, -0.15) is 0 Å². The van der Waals surface area contributed by atoms with Crippen molar-refractivity contribution < 1.29 is 4.79 Å². The number of hydrogen-bond donors (Lipinski definition) is 1. The van der Waals surface area contributed by atoms with Crippen molar-refractivity contribution in [3.63, 3.8) is 0 Å². The van der Waals surface area contributed by atoms with E-state index in [4.69, 9.17) is 0 Å². The molecule has 1 saturated heterocycles. The SMILES string of the molecule is CC(=O)Nc1cnc(N2CCN(C)CC2)cn1. The highest BCUT2D eigenvalue weighted by Crippen LogP contribution is 2.12. The van der Waals surface area contributed by atoms with Crippen molar-refractivity contribution in [2.45, 2.75) is 6.92 Å². The third-order valence-electron chi connectivity index (χ3n) is 2.77. The lowest BCUT2D eigenvalue weighted by Gasteiger charge is -2.32. The molecule has 1 aliphatic heterocycles. The number of nitrogens with one attached hydrogen (secondary N) is 1. The molecule has 0 saturated carbocycles. The zero-order chi connectivity index (χ0) is 12.3. The van der Waals surface area contributed by atoms with Gasteiger partial charge in [-0.3, -0.25) is 4.79 Å². The molecule has 2 heterocycles. The predicted octanol–water partition coefficient (Wildman–Crippen LogP) is 0.187. The summed E-state index contributed by atoms with van der Waals surface area (Å²) in [6.45, 7) is 5.45. The standard InChI is InChI=1S/C11H17N5O/c1-9(17)14-10-7-13-11(8-12-10)16-5-3-15(2)4-6-16/h7-8H,3-6H2,1-2H3,(H,12,14,17). The van der Waals surface area contributed by atoms with Crippen LogP contribution in [0.25, 0.3) is 0 Å². The van der Waals surface area contributed by atoms with E-state index in [1.807, 2.05) is 0 Å². The summed E-state index contributed by atoms with van der Waals surface area (Å²) in [5, 5.41) is 2.60. The largest absolute Gasteiger partial charge is 0.353 e. The zero-order valence-electron chi connectivity index (χ0n) is 10.2. The van der Waals surface area contributed by atoms with Crippen LogP contribution < -0.4 is 10.2 Å². The minimum atomic E-state index is -0.133. The number of likely N-dealkylation sites (N-methyl/N-ethyl adjacent to an activating group) is 1. The second kappa shape index (κ2) is 5.09. The van der Waals surface area contributed by atoms with Crippen molar-refractivity contribution >= 4 is 17.5 Å². The molecule has 1 N–H and O–H groups in total. The first-order valence-electron chi connectivity index (χ1n) is 5.68. The highest BCUT2D eigenvalue weighted by molar-refractivity contribution is 5.87. The maximum Gasteiger partial charge on any atom is 0.222 e. The van der Waals surface area contributed by atoms with E-state index in [1.54, 1.807) is 12.4 Å². The molecule has 1 aromatic rings. The highest BCUT2D eigenvalue weighted by atomic mass is 16.1. The Balaban J connectivity index is 2.00. The second-order valence-corrected chi connectivity index (χ2v) is 4.23. The van der Waals surface area contributed by atoms with Crippen LogP contribution in [0.5, 0.6) is 0 Å². The molecule has 1 fully saturated rings. The number of aromatic nitrogens is 2. The topological polar surface area (TPSA) is 61.4 Å². The van der Waals surface area contributed by atoms with E-state index in [2.05, 4.69) is 32.1 Å². The van der Waals surface area contributed by atoms with Crippen LogP contribution in [-0.4, -0.2) is 54.0 Å². The average Bonchev–Trinajstić information content (AvgIpc) is 2.30. The highest BCUT2D eigenvalue weighted by Gasteiger charge is 2.15. The van der Waals surface area contributed by atoms with Gasteiger partial charge < -0.3 is 15.1 Å². The van der Waals surface area contributed by atoms with E-state index in [1.165, 1.54) is 6.92 Å². The first kappa shape index (κ1) is 11.8. The molecular weight excluding hydrogens is 218 g/mol. The van der Waals surface area contributed by atoms with Gasteiger partial charge in [0, 0.05) is 33.1 Å². The first-order valence-corrected chi connectivity index (χ1v) is 5.68. The summed E-state index contributed by atoms with van der Waals surface area (Å²) in [7, 11) is 2.11. The molecule has 0 spiro atoms.